The van der Waals surface area contributed by atoms with Gasteiger partial charge in [0.1, 0.15) is 10.4 Å². The predicted octanol–water partition coefficient (Wildman–Crippen LogP) is 4.86. The van der Waals surface area contributed by atoms with Crippen LogP contribution in [0.3, 0.4) is 0 Å². The number of carbonyl (C=O) groups excluding carboxylic acids is 1. The van der Waals surface area contributed by atoms with Crippen LogP contribution in [0.4, 0.5) is 5.13 Å². The predicted molar refractivity (Wildman–Crippen MR) is 118 cm³/mol. The molecule has 156 valence electrons. The maximum atomic E-state index is 13.1. The Hall–Kier alpha value is -1.06. The maximum absolute atomic E-state index is 13.1. The summed E-state index contributed by atoms with van der Waals surface area (Å²) in [6.07, 6.45) is 7.66. The van der Waals surface area contributed by atoms with E-state index in [2.05, 4.69) is 10.3 Å². The minimum atomic E-state index is -0.675. The van der Waals surface area contributed by atoms with Crippen LogP contribution in [-0.2, 0) is 9.53 Å². The van der Waals surface area contributed by atoms with E-state index in [0.29, 0.717) is 45.3 Å². The van der Waals surface area contributed by atoms with Crippen molar-refractivity contribution in [3.63, 3.8) is 0 Å². The van der Waals surface area contributed by atoms with Crippen molar-refractivity contribution in [3.8, 4) is 0 Å². The average Bonchev–Trinajstić information content (AvgIpc) is 3.43. The SMILES string of the molecule is O=C(Nc1ncc(Cl)s1)C(CC1CCOCC1)n1cc(Cl)c(SC2CC2)cc1=O. The van der Waals surface area contributed by atoms with Crippen molar-refractivity contribution in [1.82, 2.24) is 9.55 Å². The van der Waals surface area contributed by atoms with Crippen LogP contribution < -0.4 is 10.9 Å². The Morgan fingerprint density at radius 1 is 1.34 bits per heavy atom. The highest BCUT2D eigenvalue weighted by Crippen LogP contribution is 2.41. The Morgan fingerprint density at radius 3 is 2.76 bits per heavy atom. The smallest absolute Gasteiger partial charge is 0.252 e. The molecule has 1 N–H and O–H groups in total. The topological polar surface area (TPSA) is 73.2 Å². The van der Waals surface area contributed by atoms with Crippen LogP contribution in [0, 0.1) is 5.92 Å². The Labute approximate surface area is 186 Å². The molecule has 2 aliphatic rings. The zero-order valence-corrected chi connectivity index (χ0v) is 18.8. The average molecular weight is 474 g/mol. The van der Waals surface area contributed by atoms with Crippen LogP contribution in [-0.4, -0.2) is 33.9 Å². The van der Waals surface area contributed by atoms with E-state index in [1.54, 1.807) is 24.0 Å². The quantitative estimate of drug-likeness (QED) is 0.621. The largest absolute Gasteiger partial charge is 0.381 e. The van der Waals surface area contributed by atoms with Gasteiger partial charge in [0.2, 0.25) is 5.91 Å². The molecular weight excluding hydrogens is 453 g/mol. The number of carbonyl (C=O) groups is 1. The zero-order chi connectivity index (χ0) is 20.4. The molecule has 0 aromatic carbocycles. The summed E-state index contributed by atoms with van der Waals surface area (Å²) in [5, 5.41) is 4.26. The number of amides is 1. The number of thioether (sulfide) groups is 1. The highest BCUT2D eigenvalue weighted by molar-refractivity contribution is 8.00. The number of nitrogens with one attached hydrogen (secondary N) is 1. The Balaban J connectivity index is 1.60. The first-order valence-corrected chi connectivity index (χ1v) is 12.0. The van der Waals surface area contributed by atoms with E-state index in [4.69, 9.17) is 27.9 Å². The van der Waals surface area contributed by atoms with Crippen LogP contribution in [0.2, 0.25) is 9.36 Å². The summed E-state index contributed by atoms with van der Waals surface area (Å²) in [4.78, 5) is 30.9. The van der Waals surface area contributed by atoms with Crippen LogP contribution in [0.5, 0.6) is 0 Å². The first-order chi connectivity index (χ1) is 14.0. The second kappa shape index (κ2) is 9.39. The molecule has 6 nitrogen and oxygen atoms in total. The summed E-state index contributed by atoms with van der Waals surface area (Å²) in [5.41, 5.74) is -0.220. The van der Waals surface area contributed by atoms with E-state index >= 15 is 0 Å². The maximum Gasteiger partial charge on any atom is 0.252 e. The van der Waals surface area contributed by atoms with Gasteiger partial charge in [-0.3, -0.25) is 9.59 Å². The highest BCUT2D eigenvalue weighted by atomic mass is 35.5. The van der Waals surface area contributed by atoms with Crippen LogP contribution in [0.25, 0.3) is 0 Å². The van der Waals surface area contributed by atoms with Gasteiger partial charge in [-0.25, -0.2) is 4.98 Å². The second-order valence-electron chi connectivity index (χ2n) is 7.31. The van der Waals surface area contributed by atoms with Gasteiger partial charge in [-0.2, -0.15) is 0 Å². The van der Waals surface area contributed by atoms with Gasteiger partial charge in [-0.05, 0) is 38.0 Å². The van der Waals surface area contributed by atoms with Crippen molar-refractivity contribution in [2.75, 3.05) is 18.5 Å². The molecule has 1 unspecified atom stereocenters. The van der Waals surface area contributed by atoms with E-state index in [0.717, 1.165) is 30.6 Å². The molecule has 2 aromatic heterocycles. The number of thiazole rings is 1. The molecule has 4 rings (SSSR count). The summed E-state index contributed by atoms with van der Waals surface area (Å²) >= 11 is 15.2. The highest BCUT2D eigenvalue weighted by Gasteiger charge is 2.29. The van der Waals surface area contributed by atoms with Crippen LogP contribution >= 0.6 is 46.3 Å². The summed E-state index contributed by atoms with van der Waals surface area (Å²) in [5.74, 6) is 0.00819. The molecule has 1 atom stereocenters. The first kappa shape index (κ1) is 21.2. The number of ether oxygens (including phenoxy) is 1. The lowest BCUT2D eigenvalue weighted by molar-refractivity contribution is -0.120. The number of halogens is 2. The van der Waals surface area contributed by atoms with Gasteiger partial charge in [0.05, 0.1) is 11.2 Å². The lowest BCUT2D eigenvalue weighted by atomic mass is 9.92. The lowest BCUT2D eigenvalue weighted by Gasteiger charge is -2.27. The van der Waals surface area contributed by atoms with Crippen LogP contribution in [0.15, 0.2) is 28.2 Å². The van der Waals surface area contributed by atoms with Gasteiger partial charge in [0.25, 0.3) is 5.56 Å². The van der Waals surface area contributed by atoms with E-state index in [1.807, 2.05) is 0 Å². The zero-order valence-electron chi connectivity index (χ0n) is 15.6. The summed E-state index contributed by atoms with van der Waals surface area (Å²) in [7, 11) is 0. The summed E-state index contributed by atoms with van der Waals surface area (Å²) in [6, 6.07) is 0.876. The number of hydrogen-bond acceptors (Lipinski definition) is 6. The molecule has 2 aromatic rings. The van der Waals surface area contributed by atoms with E-state index in [1.165, 1.54) is 22.1 Å². The molecule has 1 saturated heterocycles. The Morgan fingerprint density at radius 2 is 2.10 bits per heavy atom. The van der Waals surface area contributed by atoms with Gasteiger partial charge < -0.3 is 14.6 Å². The number of rotatable bonds is 7. The number of nitrogens with zero attached hydrogens (tertiary/aromatic N) is 2. The fourth-order valence-electron chi connectivity index (χ4n) is 3.35. The standard InChI is InChI=1S/C19H21Cl2N3O3S2/c20-13-10-24(17(25)8-15(13)28-12-1-2-12)14(7-11-3-5-27-6-4-11)18(26)23-19-22-9-16(21)29-19/h8-12,14H,1-7H2,(H,22,23,26). The van der Waals surface area contributed by atoms with Gasteiger partial charge >= 0.3 is 0 Å². The van der Waals surface area contributed by atoms with Crippen molar-refractivity contribution >= 4 is 57.3 Å². The van der Waals surface area contributed by atoms with Crippen LogP contribution in [0.1, 0.15) is 38.1 Å². The molecule has 0 bridgehead atoms. The third-order valence-electron chi connectivity index (χ3n) is 5.06. The van der Waals surface area contributed by atoms with Crippen molar-refractivity contribution in [2.45, 2.75) is 48.3 Å². The molecule has 1 amide bonds. The van der Waals surface area contributed by atoms with Crippen molar-refractivity contribution in [3.05, 3.63) is 38.2 Å². The second-order valence-corrected chi connectivity index (χ2v) is 10.7. The summed E-state index contributed by atoms with van der Waals surface area (Å²) in [6.45, 7) is 1.35. The third kappa shape index (κ3) is 5.55. The van der Waals surface area contributed by atoms with Crippen molar-refractivity contribution < 1.29 is 9.53 Å². The molecule has 0 radical (unpaired) electrons. The van der Waals surface area contributed by atoms with Crippen molar-refractivity contribution in [1.29, 1.82) is 0 Å². The molecule has 2 fully saturated rings. The Kier molecular flexibility index (Phi) is 6.86. The van der Waals surface area contributed by atoms with E-state index < -0.39 is 6.04 Å². The molecule has 1 aliphatic heterocycles. The van der Waals surface area contributed by atoms with Gasteiger partial charge in [0.15, 0.2) is 5.13 Å². The minimum Gasteiger partial charge on any atom is -0.381 e. The number of pyridine rings is 1. The van der Waals surface area contributed by atoms with Gasteiger partial charge in [-0.1, -0.05) is 34.5 Å². The lowest BCUT2D eigenvalue weighted by Crippen LogP contribution is -2.35. The fraction of sp³-hybridized carbons (Fsp3) is 0.526. The fourth-order valence-corrected chi connectivity index (χ4v) is 5.52. The molecule has 29 heavy (non-hydrogen) atoms. The van der Waals surface area contributed by atoms with Gasteiger partial charge in [0, 0.05) is 35.6 Å². The van der Waals surface area contributed by atoms with Crippen molar-refractivity contribution in [2.24, 2.45) is 5.92 Å². The Bertz CT molecular complexity index is 939. The van der Waals surface area contributed by atoms with E-state index in [9.17, 15) is 9.59 Å². The monoisotopic (exact) mass is 473 g/mol. The normalized spacial score (nSPS) is 18.6. The van der Waals surface area contributed by atoms with E-state index in [-0.39, 0.29) is 11.5 Å². The molecule has 1 saturated carbocycles. The molecule has 3 heterocycles. The summed E-state index contributed by atoms with van der Waals surface area (Å²) < 4.78 is 7.38. The molecule has 0 spiro atoms. The third-order valence-corrected chi connectivity index (χ3v) is 7.90. The first-order valence-electron chi connectivity index (χ1n) is 9.58. The number of anilines is 1. The number of hydrogen-bond donors (Lipinski definition) is 1. The number of aromatic nitrogens is 2. The van der Waals surface area contributed by atoms with Gasteiger partial charge in [-0.15, -0.1) is 11.8 Å². The molecule has 10 heteroatoms. The molecule has 1 aliphatic carbocycles. The minimum absolute atomic E-state index is 0.220. The molecular formula is C19H21Cl2N3O3S2.